The van der Waals surface area contributed by atoms with Crippen LogP contribution in [0.4, 0.5) is 0 Å². The Labute approximate surface area is 139 Å². The second kappa shape index (κ2) is 11.4. The summed E-state index contributed by atoms with van der Waals surface area (Å²) in [5.41, 5.74) is 0. The molecule has 0 aromatic carbocycles. The molecule has 22 heavy (non-hydrogen) atoms. The van der Waals surface area contributed by atoms with Gasteiger partial charge in [-0.15, -0.1) is 5.92 Å². The molecule has 1 rings (SSSR count). The molecule has 0 aliphatic heterocycles. The van der Waals surface area contributed by atoms with E-state index in [4.69, 9.17) is 4.74 Å². The minimum Gasteiger partial charge on any atom is -0.464 e. The highest BCUT2D eigenvalue weighted by Crippen LogP contribution is 2.17. The molecule has 0 saturated heterocycles. The molecule has 7 heteroatoms. The van der Waals surface area contributed by atoms with E-state index in [1.165, 1.54) is 22.6 Å². The predicted octanol–water partition coefficient (Wildman–Crippen LogP) is 2.45. The summed E-state index contributed by atoms with van der Waals surface area (Å²) in [5, 5.41) is 0. The first-order valence-electron chi connectivity index (χ1n) is 7.15. The third kappa shape index (κ3) is 6.26. The van der Waals surface area contributed by atoms with Crippen LogP contribution in [0.2, 0.25) is 0 Å². The Balaban J connectivity index is 0.00000211. The lowest BCUT2D eigenvalue weighted by Gasteiger charge is -2.19. The molecule has 1 aromatic rings. The van der Waals surface area contributed by atoms with Crippen molar-refractivity contribution in [3.8, 4) is 17.7 Å². The van der Waals surface area contributed by atoms with Crippen LogP contribution >= 0.6 is 12.6 Å². The molecule has 0 bridgehead atoms. The normalized spacial score (nSPS) is 10.3. The maximum absolute atomic E-state index is 12.3. The fourth-order valence-corrected chi connectivity index (χ4v) is 3.27. The molecule has 0 N–H and O–H groups in total. The average Bonchev–Trinajstić information content (AvgIpc) is 2.55. The molecule has 1 heterocycles. The minimum atomic E-state index is -3.52. The third-order valence-corrected chi connectivity index (χ3v) is 4.68. The van der Waals surface area contributed by atoms with Crippen molar-refractivity contribution in [2.45, 2.75) is 32.6 Å². The van der Waals surface area contributed by atoms with E-state index in [-0.39, 0.29) is 11.5 Å². The number of nitrogens with zero attached hydrogens (tertiary/aromatic N) is 2. The van der Waals surface area contributed by atoms with Crippen LogP contribution in [0.3, 0.4) is 0 Å². The van der Waals surface area contributed by atoms with E-state index >= 15 is 0 Å². The summed E-state index contributed by atoms with van der Waals surface area (Å²) in [5.74, 6) is 6.26. The molecule has 0 unspecified atom stereocenters. The van der Waals surface area contributed by atoms with Crippen molar-refractivity contribution in [2.24, 2.45) is 0 Å². The highest BCUT2D eigenvalue weighted by Gasteiger charge is 2.22. The van der Waals surface area contributed by atoms with E-state index in [1.54, 1.807) is 13.8 Å². The Hall–Kier alpha value is -1.23. The molecule has 0 aliphatic rings. The zero-order chi connectivity index (χ0) is 17.0. The summed E-state index contributed by atoms with van der Waals surface area (Å²) in [6, 6.07) is 3.01. The molecular formula is C15H24N2O3S2. The lowest BCUT2D eigenvalue weighted by Crippen LogP contribution is -2.32. The quantitative estimate of drug-likeness (QED) is 0.610. The van der Waals surface area contributed by atoms with Crippen LogP contribution in [0.5, 0.6) is 5.88 Å². The standard InChI is InChI=1S/C13H18N2O3S2.C2H6/c1-3-5-9-18-13-7-6-12(11-14-13)20(16,17)15(4-2)8-10-19;1-2/h6-7,11,19H,4,8-10H2,1-2H3;1-2H3. The van der Waals surface area contributed by atoms with Crippen molar-refractivity contribution in [3.05, 3.63) is 18.3 Å². The van der Waals surface area contributed by atoms with E-state index in [2.05, 4.69) is 29.5 Å². The van der Waals surface area contributed by atoms with Crippen molar-refractivity contribution in [2.75, 3.05) is 25.4 Å². The van der Waals surface area contributed by atoms with E-state index in [0.29, 0.717) is 24.7 Å². The Morgan fingerprint density at radius 2 is 2.05 bits per heavy atom. The van der Waals surface area contributed by atoms with Gasteiger partial charge < -0.3 is 4.74 Å². The largest absolute Gasteiger partial charge is 0.464 e. The zero-order valence-corrected chi connectivity index (χ0v) is 15.2. The van der Waals surface area contributed by atoms with Gasteiger partial charge in [0.1, 0.15) is 4.90 Å². The van der Waals surface area contributed by atoms with Crippen LogP contribution in [0, 0.1) is 11.8 Å². The van der Waals surface area contributed by atoms with E-state index in [0.717, 1.165) is 0 Å². The van der Waals surface area contributed by atoms with Crippen LogP contribution in [-0.4, -0.2) is 43.2 Å². The minimum absolute atomic E-state index is 0.148. The molecule has 5 nitrogen and oxygen atoms in total. The third-order valence-electron chi connectivity index (χ3n) is 2.52. The van der Waals surface area contributed by atoms with Gasteiger partial charge in [0.25, 0.3) is 0 Å². The first kappa shape index (κ1) is 20.8. The second-order valence-electron chi connectivity index (χ2n) is 3.77. The van der Waals surface area contributed by atoms with Crippen molar-refractivity contribution < 1.29 is 13.2 Å². The predicted molar refractivity (Wildman–Crippen MR) is 92.8 cm³/mol. The van der Waals surface area contributed by atoms with Crippen LogP contribution in [0.15, 0.2) is 23.2 Å². The molecule has 0 aliphatic carbocycles. The monoisotopic (exact) mass is 344 g/mol. The summed E-state index contributed by atoms with van der Waals surface area (Å²) in [7, 11) is -3.52. The summed E-state index contributed by atoms with van der Waals surface area (Å²) in [4.78, 5) is 4.13. The van der Waals surface area contributed by atoms with Gasteiger partial charge in [-0.05, 0) is 13.0 Å². The molecule has 0 amide bonds. The van der Waals surface area contributed by atoms with Crippen LogP contribution in [0.25, 0.3) is 0 Å². The van der Waals surface area contributed by atoms with Crippen molar-refractivity contribution in [1.82, 2.24) is 9.29 Å². The van der Waals surface area contributed by atoms with E-state index in [9.17, 15) is 8.42 Å². The Morgan fingerprint density at radius 3 is 2.50 bits per heavy atom. The molecular weight excluding hydrogens is 320 g/mol. The van der Waals surface area contributed by atoms with Gasteiger partial charge in [0, 0.05) is 24.9 Å². The van der Waals surface area contributed by atoms with Crippen molar-refractivity contribution in [1.29, 1.82) is 0 Å². The molecule has 0 fully saturated rings. The summed E-state index contributed by atoms with van der Waals surface area (Å²) in [6.07, 6.45) is 1.30. The van der Waals surface area contributed by atoms with Gasteiger partial charge in [-0.2, -0.15) is 16.9 Å². The van der Waals surface area contributed by atoms with Gasteiger partial charge in [-0.1, -0.05) is 26.7 Å². The maximum atomic E-state index is 12.3. The maximum Gasteiger partial charge on any atom is 0.244 e. The van der Waals surface area contributed by atoms with Crippen LogP contribution < -0.4 is 4.74 Å². The van der Waals surface area contributed by atoms with Gasteiger partial charge in [-0.25, -0.2) is 13.4 Å². The number of pyridine rings is 1. The highest BCUT2D eigenvalue weighted by atomic mass is 32.2. The van der Waals surface area contributed by atoms with Gasteiger partial charge in [0.05, 0.1) is 6.20 Å². The molecule has 0 saturated carbocycles. The zero-order valence-electron chi connectivity index (χ0n) is 13.5. The SMILES string of the molecule is CC.CC#CCOc1ccc(S(=O)(=O)N(CC)CCS)cn1. The van der Waals surface area contributed by atoms with Crippen molar-refractivity contribution >= 4 is 22.7 Å². The van der Waals surface area contributed by atoms with E-state index < -0.39 is 10.0 Å². The molecule has 0 radical (unpaired) electrons. The number of sulfonamides is 1. The second-order valence-corrected chi connectivity index (χ2v) is 6.15. The highest BCUT2D eigenvalue weighted by molar-refractivity contribution is 7.89. The van der Waals surface area contributed by atoms with Crippen molar-refractivity contribution in [3.63, 3.8) is 0 Å². The van der Waals surface area contributed by atoms with Crippen LogP contribution in [-0.2, 0) is 10.0 Å². The summed E-state index contributed by atoms with van der Waals surface area (Å²) in [6.45, 7) is 8.50. The lowest BCUT2D eigenvalue weighted by atomic mass is 10.5. The molecule has 0 spiro atoms. The number of rotatable bonds is 7. The molecule has 0 atom stereocenters. The van der Waals surface area contributed by atoms with E-state index in [1.807, 2.05) is 13.8 Å². The fourth-order valence-electron chi connectivity index (χ4n) is 1.50. The van der Waals surface area contributed by atoms with Gasteiger partial charge in [-0.3, -0.25) is 0 Å². The smallest absolute Gasteiger partial charge is 0.244 e. The van der Waals surface area contributed by atoms with Gasteiger partial charge in [0.2, 0.25) is 15.9 Å². The first-order valence-corrected chi connectivity index (χ1v) is 9.23. The Bertz CT molecular complexity index is 575. The number of hydrogen-bond acceptors (Lipinski definition) is 5. The Morgan fingerprint density at radius 1 is 1.36 bits per heavy atom. The molecule has 1 aromatic heterocycles. The van der Waals surface area contributed by atoms with Gasteiger partial charge in [0.15, 0.2) is 6.61 Å². The summed E-state index contributed by atoms with van der Waals surface area (Å²) >= 11 is 4.07. The number of aromatic nitrogens is 1. The topological polar surface area (TPSA) is 59.5 Å². The average molecular weight is 345 g/mol. The summed E-state index contributed by atoms with van der Waals surface area (Å²) < 4.78 is 31.2. The Kier molecular flexibility index (Phi) is 10.7. The lowest BCUT2D eigenvalue weighted by molar-refractivity contribution is 0.354. The first-order chi connectivity index (χ1) is 10.6. The number of hydrogen-bond donors (Lipinski definition) is 1. The fraction of sp³-hybridized carbons (Fsp3) is 0.533. The van der Waals surface area contributed by atoms with Gasteiger partial charge >= 0.3 is 0 Å². The number of ether oxygens (including phenoxy) is 1. The molecule has 124 valence electrons. The van der Waals surface area contributed by atoms with Crippen LogP contribution in [0.1, 0.15) is 27.7 Å². The number of thiol groups is 1.